The number of carbonyl (C=O) groups is 1. The minimum atomic E-state index is -3.65. The Kier molecular flexibility index (Phi) is 8.59. The summed E-state index contributed by atoms with van der Waals surface area (Å²) in [6, 6.07) is 14.6. The first kappa shape index (κ1) is 25.8. The van der Waals surface area contributed by atoms with E-state index in [4.69, 9.17) is 4.74 Å². The first-order valence-electron chi connectivity index (χ1n) is 12.6. The van der Waals surface area contributed by atoms with Gasteiger partial charge in [-0.3, -0.25) is 9.69 Å². The average molecular weight is 500 g/mol. The van der Waals surface area contributed by atoms with Crippen molar-refractivity contribution in [3.05, 3.63) is 65.2 Å². The lowest BCUT2D eigenvalue weighted by Crippen LogP contribution is -2.40. The number of sulfonamides is 1. The molecule has 1 saturated heterocycles. The van der Waals surface area contributed by atoms with Crippen LogP contribution in [-0.2, 0) is 27.8 Å². The van der Waals surface area contributed by atoms with Crippen molar-refractivity contribution in [2.75, 3.05) is 26.7 Å². The summed E-state index contributed by atoms with van der Waals surface area (Å²) < 4.78 is 33.5. The van der Waals surface area contributed by atoms with Gasteiger partial charge in [-0.2, -0.15) is 4.31 Å². The molecule has 1 unspecified atom stereocenters. The lowest BCUT2D eigenvalue weighted by atomic mass is 9.96. The van der Waals surface area contributed by atoms with Gasteiger partial charge in [0.1, 0.15) is 0 Å². The zero-order valence-electron chi connectivity index (χ0n) is 20.8. The van der Waals surface area contributed by atoms with E-state index in [-0.39, 0.29) is 22.9 Å². The van der Waals surface area contributed by atoms with Crippen molar-refractivity contribution < 1.29 is 17.9 Å². The molecule has 0 aromatic heterocycles. The van der Waals surface area contributed by atoms with Crippen molar-refractivity contribution in [3.8, 4) is 0 Å². The van der Waals surface area contributed by atoms with Crippen LogP contribution in [0.4, 0.5) is 0 Å². The fourth-order valence-corrected chi connectivity index (χ4v) is 6.48. The number of benzene rings is 2. The quantitative estimate of drug-likeness (QED) is 0.598. The van der Waals surface area contributed by atoms with Crippen LogP contribution >= 0.6 is 0 Å². The van der Waals surface area contributed by atoms with Crippen LogP contribution in [0.2, 0.25) is 0 Å². The van der Waals surface area contributed by atoms with Gasteiger partial charge in [-0.1, -0.05) is 49.6 Å². The summed E-state index contributed by atoms with van der Waals surface area (Å²) >= 11 is 0. The molecule has 1 aliphatic heterocycles. The van der Waals surface area contributed by atoms with Crippen LogP contribution in [0.3, 0.4) is 0 Å². The number of nitrogens with zero attached hydrogens (tertiary/aromatic N) is 2. The number of morpholine rings is 1. The van der Waals surface area contributed by atoms with Gasteiger partial charge in [-0.25, -0.2) is 8.42 Å². The van der Waals surface area contributed by atoms with Crippen molar-refractivity contribution in [2.45, 2.75) is 69.2 Å². The number of nitrogens with one attached hydrogen (secondary N) is 1. The number of ether oxygens (including phenoxy) is 1. The predicted molar refractivity (Wildman–Crippen MR) is 137 cm³/mol. The van der Waals surface area contributed by atoms with E-state index in [0.717, 1.165) is 63.9 Å². The minimum Gasteiger partial charge on any atom is -0.376 e. The van der Waals surface area contributed by atoms with Crippen molar-refractivity contribution >= 4 is 15.9 Å². The van der Waals surface area contributed by atoms with E-state index < -0.39 is 10.0 Å². The number of amides is 1. The van der Waals surface area contributed by atoms with Gasteiger partial charge >= 0.3 is 0 Å². The summed E-state index contributed by atoms with van der Waals surface area (Å²) in [6.07, 6.45) is 5.29. The molecule has 1 saturated carbocycles. The maximum Gasteiger partial charge on any atom is 0.251 e. The zero-order chi connectivity index (χ0) is 24.8. The Bertz CT molecular complexity index is 1110. The third kappa shape index (κ3) is 6.70. The van der Waals surface area contributed by atoms with Gasteiger partial charge in [-0.15, -0.1) is 0 Å². The highest BCUT2D eigenvalue weighted by Crippen LogP contribution is 2.26. The summed E-state index contributed by atoms with van der Waals surface area (Å²) in [4.78, 5) is 15.4. The number of rotatable bonds is 8. The third-order valence-corrected chi connectivity index (χ3v) is 8.94. The fourth-order valence-electron chi connectivity index (χ4n) is 5.02. The van der Waals surface area contributed by atoms with Crippen LogP contribution in [0.25, 0.3) is 0 Å². The van der Waals surface area contributed by atoms with Crippen LogP contribution in [-0.4, -0.2) is 62.4 Å². The van der Waals surface area contributed by atoms with Crippen molar-refractivity contribution in [1.82, 2.24) is 14.5 Å². The van der Waals surface area contributed by atoms with E-state index in [9.17, 15) is 13.2 Å². The summed E-state index contributed by atoms with van der Waals surface area (Å²) in [5.41, 5.74) is 2.56. The average Bonchev–Trinajstić information content (AvgIpc) is 2.87. The second-order valence-corrected chi connectivity index (χ2v) is 11.8. The van der Waals surface area contributed by atoms with Gasteiger partial charge in [0.05, 0.1) is 17.6 Å². The van der Waals surface area contributed by atoms with Gasteiger partial charge in [0.15, 0.2) is 0 Å². The lowest BCUT2D eigenvalue weighted by Gasteiger charge is -2.31. The normalized spacial score (nSPS) is 20.1. The van der Waals surface area contributed by atoms with E-state index in [1.807, 2.05) is 12.1 Å². The van der Waals surface area contributed by atoms with Crippen LogP contribution in [0.15, 0.2) is 53.4 Å². The smallest absolute Gasteiger partial charge is 0.251 e. The largest absolute Gasteiger partial charge is 0.376 e. The first-order chi connectivity index (χ1) is 16.8. The number of hydrogen-bond acceptors (Lipinski definition) is 5. The Morgan fingerprint density at radius 1 is 1.09 bits per heavy atom. The second kappa shape index (κ2) is 11.6. The standard InChI is InChI=1S/C27H37N3O4S/c1-21-19-30(14-15-34-21)20-23-9-6-8-22(16-23)18-28-27(31)24-10-7-13-26(17-24)35(32,33)29(2)25-11-4-3-5-12-25/h6-10,13,16-17,21,25H,3-5,11-12,14-15,18-20H2,1-2H3,(H,28,31). The molecule has 2 aliphatic rings. The SMILES string of the molecule is CC1CN(Cc2cccc(CNC(=O)c3cccc(S(=O)(=O)N(C)C4CCCCC4)c3)c2)CCO1. The van der Waals surface area contributed by atoms with Gasteiger partial charge in [0.2, 0.25) is 10.0 Å². The Balaban J connectivity index is 1.38. The van der Waals surface area contributed by atoms with Gasteiger partial charge in [0.25, 0.3) is 5.91 Å². The Hall–Kier alpha value is -2.26. The molecule has 7 nitrogen and oxygen atoms in total. The minimum absolute atomic E-state index is 0.0270. The zero-order valence-corrected chi connectivity index (χ0v) is 21.6. The summed E-state index contributed by atoms with van der Waals surface area (Å²) in [7, 11) is -1.99. The molecule has 1 aliphatic carbocycles. The molecule has 2 aromatic carbocycles. The molecule has 190 valence electrons. The van der Waals surface area contributed by atoms with Crippen molar-refractivity contribution in [3.63, 3.8) is 0 Å². The Labute approximate surface area is 209 Å². The molecule has 8 heteroatoms. The molecular weight excluding hydrogens is 462 g/mol. The summed E-state index contributed by atoms with van der Waals surface area (Å²) in [5, 5.41) is 2.94. The fraction of sp³-hybridized carbons (Fsp3) is 0.519. The monoisotopic (exact) mass is 499 g/mol. The Morgan fingerprint density at radius 2 is 1.83 bits per heavy atom. The number of carbonyl (C=O) groups excluding carboxylic acids is 1. The molecule has 0 radical (unpaired) electrons. The van der Waals surface area contributed by atoms with Gasteiger partial charge in [0, 0.05) is 44.8 Å². The van der Waals surface area contributed by atoms with Crippen LogP contribution in [0.1, 0.15) is 60.5 Å². The molecule has 2 aromatic rings. The van der Waals surface area contributed by atoms with Gasteiger partial charge in [-0.05, 0) is 49.1 Å². The molecule has 35 heavy (non-hydrogen) atoms. The molecule has 2 fully saturated rings. The maximum absolute atomic E-state index is 13.2. The first-order valence-corrected chi connectivity index (χ1v) is 14.0. The van der Waals surface area contributed by atoms with Crippen molar-refractivity contribution in [1.29, 1.82) is 0 Å². The van der Waals surface area contributed by atoms with Crippen LogP contribution in [0, 0.1) is 0 Å². The summed E-state index contributed by atoms with van der Waals surface area (Å²) in [5.74, 6) is -0.283. The molecule has 0 spiro atoms. The van der Waals surface area contributed by atoms with Gasteiger partial charge < -0.3 is 10.1 Å². The third-order valence-electron chi connectivity index (χ3n) is 7.04. The van der Waals surface area contributed by atoms with E-state index in [2.05, 4.69) is 29.3 Å². The lowest BCUT2D eigenvalue weighted by molar-refractivity contribution is -0.0212. The van der Waals surface area contributed by atoms with E-state index in [1.54, 1.807) is 25.2 Å². The molecule has 1 heterocycles. The highest BCUT2D eigenvalue weighted by Gasteiger charge is 2.29. The molecule has 1 atom stereocenters. The summed E-state index contributed by atoms with van der Waals surface area (Å²) in [6.45, 7) is 5.90. The Morgan fingerprint density at radius 3 is 2.60 bits per heavy atom. The van der Waals surface area contributed by atoms with Crippen LogP contribution in [0.5, 0.6) is 0 Å². The topological polar surface area (TPSA) is 79.0 Å². The molecular formula is C27H37N3O4S. The molecule has 0 bridgehead atoms. The number of hydrogen-bond donors (Lipinski definition) is 1. The van der Waals surface area contributed by atoms with Crippen LogP contribution < -0.4 is 5.32 Å². The van der Waals surface area contributed by atoms with E-state index in [0.29, 0.717) is 12.1 Å². The maximum atomic E-state index is 13.2. The predicted octanol–water partition coefficient (Wildman–Crippen LogP) is 3.79. The molecule has 1 N–H and O–H groups in total. The highest BCUT2D eigenvalue weighted by atomic mass is 32.2. The highest BCUT2D eigenvalue weighted by molar-refractivity contribution is 7.89. The molecule has 1 amide bonds. The second-order valence-electron chi connectivity index (χ2n) is 9.76. The van der Waals surface area contributed by atoms with Crippen molar-refractivity contribution in [2.24, 2.45) is 0 Å². The van der Waals surface area contributed by atoms with E-state index >= 15 is 0 Å². The van der Waals surface area contributed by atoms with E-state index in [1.165, 1.54) is 15.9 Å². The molecule has 4 rings (SSSR count).